The molecule has 1 saturated carbocycles. The minimum atomic E-state index is -0.173. The molecule has 0 radical (unpaired) electrons. The van der Waals surface area contributed by atoms with Gasteiger partial charge < -0.3 is 0 Å². The van der Waals surface area contributed by atoms with Crippen LogP contribution in [0.15, 0.2) is 54.6 Å². The zero-order valence-corrected chi connectivity index (χ0v) is 20.2. The third-order valence-electron chi connectivity index (χ3n) is 6.03. The van der Waals surface area contributed by atoms with E-state index in [0.29, 0.717) is 0 Å². The molecule has 0 aromatic heterocycles. The fraction of sp³-hybridized carbons (Fsp3) is 0.615. The number of allylic oxidation sites excluding steroid dienone is 3. The highest BCUT2D eigenvalue weighted by molar-refractivity contribution is 7.92. The fourth-order valence-electron chi connectivity index (χ4n) is 4.17. The normalized spacial score (nSPS) is 23.6. The zero-order chi connectivity index (χ0) is 21.7. The van der Waals surface area contributed by atoms with Gasteiger partial charge in [-0.1, -0.05) is 87.7 Å². The lowest BCUT2D eigenvalue weighted by Crippen LogP contribution is -2.35. The summed E-state index contributed by atoms with van der Waals surface area (Å²) in [6.07, 6.45) is 16.7. The summed E-state index contributed by atoms with van der Waals surface area (Å²) >= 11 is 1.35. The molecule has 0 heterocycles. The summed E-state index contributed by atoms with van der Waals surface area (Å²) in [5, 5.41) is 0. The molecule has 3 nitrogen and oxygen atoms in total. The van der Waals surface area contributed by atoms with Crippen molar-refractivity contribution in [2.75, 3.05) is 6.54 Å². The van der Waals surface area contributed by atoms with Gasteiger partial charge in [-0.2, -0.15) is 0 Å². The Kier molecular flexibility index (Phi) is 11.8. The van der Waals surface area contributed by atoms with Gasteiger partial charge in [0.05, 0.1) is 0 Å². The van der Waals surface area contributed by atoms with E-state index in [1.54, 1.807) is 0 Å². The molecule has 2 rings (SSSR count). The van der Waals surface area contributed by atoms with E-state index < -0.39 is 0 Å². The van der Waals surface area contributed by atoms with Crippen molar-refractivity contribution in [3.05, 3.63) is 60.2 Å². The second kappa shape index (κ2) is 14.1. The van der Waals surface area contributed by atoms with Crippen molar-refractivity contribution in [2.24, 2.45) is 11.8 Å². The SMILES string of the molecule is C/C=C\C=C/CCN(Cc1ccccc1)SOOC1(C)CCCC(CC(C)CC)C1. The predicted octanol–water partition coefficient (Wildman–Crippen LogP) is 7.91. The molecule has 1 aromatic carbocycles. The van der Waals surface area contributed by atoms with Crippen molar-refractivity contribution in [3.63, 3.8) is 0 Å². The number of nitrogens with zero attached hydrogens (tertiary/aromatic N) is 1. The molecular formula is C26H41NO2S. The first-order valence-electron chi connectivity index (χ1n) is 11.6. The maximum absolute atomic E-state index is 6.02. The first-order chi connectivity index (χ1) is 14.5. The molecule has 168 valence electrons. The van der Waals surface area contributed by atoms with Gasteiger partial charge in [0.1, 0.15) is 17.8 Å². The van der Waals surface area contributed by atoms with E-state index in [0.717, 1.165) is 44.2 Å². The minimum Gasteiger partial charge on any atom is -0.219 e. The van der Waals surface area contributed by atoms with Crippen LogP contribution in [0.25, 0.3) is 0 Å². The van der Waals surface area contributed by atoms with Gasteiger partial charge in [-0.15, -0.1) is 4.33 Å². The molecular weight excluding hydrogens is 390 g/mol. The first-order valence-corrected chi connectivity index (χ1v) is 12.3. The highest BCUT2D eigenvalue weighted by atomic mass is 32.2. The van der Waals surface area contributed by atoms with Gasteiger partial charge in [-0.25, -0.2) is 9.19 Å². The standard InChI is InChI=1S/C26H41NO2S/c1-5-7-8-9-13-19-27(22-24-15-11-10-12-16-24)30-29-28-26(4)18-14-17-25(21-26)20-23(3)6-2/h5,7-12,15-16,23,25H,6,13-14,17-22H2,1-4H3/b7-5-,9-8-. The highest BCUT2D eigenvalue weighted by Crippen LogP contribution is 2.39. The number of rotatable bonds is 13. The Bertz CT molecular complexity index is 633. The lowest BCUT2D eigenvalue weighted by Gasteiger charge is -2.37. The molecule has 0 N–H and O–H groups in total. The number of benzene rings is 1. The molecule has 30 heavy (non-hydrogen) atoms. The van der Waals surface area contributed by atoms with Crippen molar-refractivity contribution >= 4 is 12.2 Å². The third-order valence-corrected chi connectivity index (χ3v) is 6.68. The molecule has 1 aliphatic carbocycles. The third kappa shape index (κ3) is 9.82. The van der Waals surface area contributed by atoms with Crippen LogP contribution in [0.5, 0.6) is 0 Å². The monoisotopic (exact) mass is 431 g/mol. The van der Waals surface area contributed by atoms with Crippen LogP contribution in [0.3, 0.4) is 0 Å². The molecule has 0 spiro atoms. The number of hydrogen-bond acceptors (Lipinski definition) is 4. The van der Waals surface area contributed by atoms with Gasteiger partial charge in [0.15, 0.2) is 0 Å². The Morgan fingerprint density at radius 2 is 2.07 bits per heavy atom. The summed E-state index contributed by atoms with van der Waals surface area (Å²) in [6, 6.07) is 10.5. The Hall–Kier alpha value is -1.07. The van der Waals surface area contributed by atoms with E-state index in [2.05, 4.69) is 73.6 Å². The van der Waals surface area contributed by atoms with Crippen LogP contribution in [0.4, 0.5) is 0 Å². The van der Waals surface area contributed by atoms with Crippen LogP contribution in [0.2, 0.25) is 0 Å². The Morgan fingerprint density at radius 3 is 2.80 bits per heavy atom. The first kappa shape index (κ1) is 25.2. The van der Waals surface area contributed by atoms with Crippen LogP contribution < -0.4 is 0 Å². The van der Waals surface area contributed by atoms with E-state index in [-0.39, 0.29) is 5.60 Å². The van der Waals surface area contributed by atoms with Crippen LogP contribution >= 0.6 is 12.2 Å². The van der Waals surface area contributed by atoms with E-state index in [1.807, 2.05) is 13.0 Å². The minimum absolute atomic E-state index is 0.173. The van der Waals surface area contributed by atoms with E-state index in [4.69, 9.17) is 9.22 Å². The maximum atomic E-state index is 6.02. The number of hydrogen-bond donors (Lipinski definition) is 0. The van der Waals surface area contributed by atoms with Gasteiger partial charge in [0.25, 0.3) is 0 Å². The molecule has 1 fully saturated rings. The van der Waals surface area contributed by atoms with Crippen molar-refractivity contribution in [2.45, 2.75) is 84.8 Å². The Labute approximate surface area is 189 Å². The summed E-state index contributed by atoms with van der Waals surface area (Å²) in [4.78, 5) is 6.02. The Balaban J connectivity index is 1.85. The van der Waals surface area contributed by atoms with E-state index >= 15 is 0 Å². The summed E-state index contributed by atoms with van der Waals surface area (Å²) in [5.41, 5.74) is 1.11. The Morgan fingerprint density at radius 1 is 1.27 bits per heavy atom. The molecule has 0 aliphatic heterocycles. The van der Waals surface area contributed by atoms with Crippen molar-refractivity contribution in [1.29, 1.82) is 0 Å². The molecule has 0 saturated heterocycles. The smallest absolute Gasteiger partial charge is 0.121 e. The van der Waals surface area contributed by atoms with Gasteiger partial charge in [0.2, 0.25) is 0 Å². The molecule has 1 aromatic rings. The maximum Gasteiger partial charge on any atom is 0.121 e. The van der Waals surface area contributed by atoms with E-state index in [9.17, 15) is 0 Å². The van der Waals surface area contributed by atoms with Crippen molar-refractivity contribution < 1.29 is 9.22 Å². The zero-order valence-electron chi connectivity index (χ0n) is 19.4. The second-order valence-electron chi connectivity index (χ2n) is 8.98. The summed E-state index contributed by atoms with van der Waals surface area (Å²) in [6.45, 7) is 10.7. The summed E-state index contributed by atoms with van der Waals surface area (Å²) < 4.78 is 8.01. The summed E-state index contributed by atoms with van der Waals surface area (Å²) in [5.74, 6) is 1.55. The fourth-order valence-corrected chi connectivity index (χ4v) is 4.83. The lowest BCUT2D eigenvalue weighted by atomic mass is 9.75. The average Bonchev–Trinajstić information content (AvgIpc) is 2.74. The van der Waals surface area contributed by atoms with Gasteiger partial charge in [-0.05, 0) is 56.9 Å². The second-order valence-corrected chi connectivity index (χ2v) is 9.78. The summed E-state index contributed by atoms with van der Waals surface area (Å²) in [7, 11) is 0. The largest absolute Gasteiger partial charge is 0.219 e. The topological polar surface area (TPSA) is 21.7 Å². The predicted molar refractivity (Wildman–Crippen MR) is 130 cm³/mol. The highest BCUT2D eigenvalue weighted by Gasteiger charge is 2.35. The lowest BCUT2D eigenvalue weighted by molar-refractivity contribution is -0.289. The molecule has 1 aliphatic rings. The van der Waals surface area contributed by atoms with Crippen LogP contribution in [-0.4, -0.2) is 16.5 Å². The van der Waals surface area contributed by atoms with Crippen LogP contribution in [0.1, 0.15) is 78.2 Å². The van der Waals surface area contributed by atoms with E-state index in [1.165, 1.54) is 43.5 Å². The van der Waals surface area contributed by atoms with Crippen molar-refractivity contribution in [1.82, 2.24) is 4.31 Å². The average molecular weight is 432 g/mol. The quantitative estimate of drug-likeness (QED) is 0.104. The molecule has 4 heteroatoms. The van der Waals surface area contributed by atoms with Crippen molar-refractivity contribution in [3.8, 4) is 0 Å². The van der Waals surface area contributed by atoms with Gasteiger partial charge >= 0.3 is 0 Å². The van der Waals surface area contributed by atoms with Crippen LogP contribution in [-0.2, 0) is 15.8 Å². The molecule has 3 atom stereocenters. The molecule has 0 amide bonds. The molecule has 0 bridgehead atoms. The van der Waals surface area contributed by atoms with Gasteiger partial charge in [0, 0.05) is 13.1 Å². The van der Waals surface area contributed by atoms with Gasteiger partial charge in [-0.3, -0.25) is 0 Å². The van der Waals surface area contributed by atoms with Crippen LogP contribution in [0, 0.1) is 11.8 Å². The molecule has 3 unspecified atom stereocenters.